The number of benzene rings is 2. The van der Waals surface area contributed by atoms with Crippen LogP contribution in [0.25, 0.3) is 0 Å². The molecule has 1 aliphatic carbocycles. The molecule has 2 aromatic rings. The van der Waals surface area contributed by atoms with Crippen LogP contribution in [-0.2, 0) is 4.74 Å². The molecular weight excluding hydrogens is 334 g/mol. The van der Waals surface area contributed by atoms with Gasteiger partial charge in [-0.15, -0.1) is 0 Å². The highest BCUT2D eigenvalue weighted by molar-refractivity contribution is 6.31. The van der Waals surface area contributed by atoms with Gasteiger partial charge in [0, 0.05) is 16.6 Å². The second-order valence-corrected chi connectivity index (χ2v) is 6.93. The summed E-state index contributed by atoms with van der Waals surface area (Å²) >= 11 is 6.46. The first-order chi connectivity index (χ1) is 12.2. The van der Waals surface area contributed by atoms with Gasteiger partial charge in [-0.2, -0.15) is 0 Å². The van der Waals surface area contributed by atoms with E-state index in [2.05, 4.69) is 23.5 Å². The van der Waals surface area contributed by atoms with Gasteiger partial charge in [-0.1, -0.05) is 42.0 Å². The Balaban J connectivity index is 1.74. The van der Waals surface area contributed by atoms with Gasteiger partial charge in [-0.05, 0) is 54.7 Å². The minimum absolute atomic E-state index is 0.162. The van der Waals surface area contributed by atoms with E-state index < -0.39 is 0 Å². The van der Waals surface area contributed by atoms with Gasteiger partial charge in [0.2, 0.25) is 0 Å². The van der Waals surface area contributed by atoms with E-state index in [0.29, 0.717) is 18.1 Å². The van der Waals surface area contributed by atoms with Crippen LogP contribution in [0.2, 0.25) is 5.02 Å². The summed E-state index contributed by atoms with van der Waals surface area (Å²) in [5.74, 6) is 0.411. The van der Waals surface area contributed by atoms with Crippen molar-refractivity contribution in [3.63, 3.8) is 0 Å². The molecule has 0 saturated heterocycles. The molecule has 4 heteroatoms. The molecule has 128 valence electrons. The van der Waals surface area contributed by atoms with Crippen LogP contribution in [0, 0.1) is 5.92 Å². The summed E-state index contributed by atoms with van der Waals surface area (Å²) in [5.41, 5.74) is 3.96. The van der Waals surface area contributed by atoms with Gasteiger partial charge in [0.15, 0.2) is 0 Å². The fourth-order valence-electron chi connectivity index (χ4n) is 3.97. The first-order valence-corrected chi connectivity index (χ1v) is 9.05. The Hall–Kier alpha value is -2.26. The number of halogens is 1. The van der Waals surface area contributed by atoms with Crippen LogP contribution < -0.4 is 5.32 Å². The highest BCUT2D eigenvalue weighted by Gasteiger charge is 2.38. The maximum absolute atomic E-state index is 12.1. The van der Waals surface area contributed by atoms with Gasteiger partial charge in [0.1, 0.15) is 0 Å². The summed E-state index contributed by atoms with van der Waals surface area (Å²) in [4.78, 5) is 12.1. The van der Waals surface area contributed by atoms with E-state index in [1.54, 1.807) is 0 Å². The minimum atomic E-state index is -0.267. The molecule has 1 N–H and O–H groups in total. The normalized spacial score (nSPS) is 23.5. The van der Waals surface area contributed by atoms with Crippen LogP contribution >= 0.6 is 11.6 Å². The van der Waals surface area contributed by atoms with Crippen LogP contribution in [0.3, 0.4) is 0 Å². The number of anilines is 1. The van der Waals surface area contributed by atoms with Gasteiger partial charge < -0.3 is 10.1 Å². The van der Waals surface area contributed by atoms with Gasteiger partial charge in [0.05, 0.1) is 18.2 Å². The molecule has 0 aromatic heterocycles. The quantitative estimate of drug-likeness (QED) is 0.597. The van der Waals surface area contributed by atoms with Crippen LogP contribution in [0.15, 0.2) is 54.6 Å². The first kappa shape index (κ1) is 16.2. The summed E-state index contributed by atoms with van der Waals surface area (Å²) in [6.07, 6.45) is 5.48. The largest absolute Gasteiger partial charge is 0.462 e. The first-order valence-electron chi connectivity index (χ1n) is 8.67. The third-order valence-corrected chi connectivity index (χ3v) is 5.46. The summed E-state index contributed by atoms with van der Waals surface area (Å²) < 4.78 is 5.14. The van der Waals surface area contributed by atoms with E-state index in [1.807, 2.05) is 43.3 Å². The molecule has 2 aliphatic rings. The second-order valence-electron chi connectivity index (χ2n) is 6.52. The lowest BCUT2D eigenvalue weighted by Gasteiger charge is -2.38. The van der Waals surface area contributed by atoms with E-state index in [4.69, 9.17) is 16.3 Å². The van der Waals surface area contributed by atoms with E-state index in [-0.39, 0.29) is 17.9 Å². The van der Waals surface area contributed by atoms with Crippen molar-refractivity contribution in [1.29, 1.82) is 0 Å². The Morgan fingerprint density at radius 1 is 1.24 bits per heavy atom. The minimum Gasteiger partial charge on any atom is -0.462 e. The zero-order chi connectivity index (χ0) is 17.4. The van der Waals surface area contributed by atoms with Crippen LogP contribution in [0.4, 0.5) is 5.69 Å². The van der Waals surface area contributed by atoms with E-state index in [9.17, 15) is 4.79 Å². The molecule has 0 unspecified atom stereocenters. The Bertz CT molecular complexity index is 846. The predicted octanol–water partition coefficient (Wildman–Crippen LogP) is 5.34. The number of carbonyl (C=O) groups excluding carboxylic acids is 1. The summed E-state index contributed by atoms with van der Waals surface area (Å²) in [6, 6.07) is 14.0. The smallest absolute Gasteiger partial charge is 0.338 e. The third kappa shape index (κ3) is 2.83. The molecule has 1 aliphatic heterocycles. The van der Waals surface area contributed by atoms with Crippen molar-refractivity contribution in [2.75, 3.05) is 11.9 Å². The lowest BCUT2D eigenvalue weighted by atomic mass is 9.76. The van der Waals surface area contributed by atoms with Crippen LogP contribution in [0.1, 0.15) is 46.8 Å². The molecule has 4 rings (SSSR count). The maximum Gasteiger partial charge on any atom is 0.338 e. The Labute approximate surface area is 152 Å². The van der Waals surface area contributed by atoms with Gasteiger partial charge in [-0.25, -0.2) is 4.79 Å². The molecule has 0 bridgehead atoms. The van der Waals surface area contributed by atoms with E-state index in [1.165, 1.54) is 0 Å². The number of carbonyl (C=O) groups is 1. The van der Waals surface area contributed by atoms with Crippen molar-refractivity contribution in [2.45, 2.75) is 25.3 Å². The van der Waals surface area contributed by atoms with E-state index in [0.717, 1.165) is 28.3 Å². The Morgan fingerprint density at radius 2 is 2.08 bits per heavy atom. The highest BCUT2D eigenvalue weighted by atomic mass is 35.5. The molecule has 3 nitrogen and oxygen atoms in total. The molecule has 3 atom stereocenters. The van der Waals surface area contributed by atoms with Crippen LogP contribution in [-0.4, -0.2) is 12.6 Å². The van der Waals surface area contributed by atoms with Crippen molar-refractivity contribution < 1.29 is 9.53 Å². The molecule has 0 amide bonds. The van der Waals surface area contributed by atoms with Crippen LogP contribution in [0.5, 0.6) is 0 Å². The molecule has 0 spiro atoms. The summed E-state index contributed by atoms with van der Waals surface area (Å²) in [5, 5.41) is 4.44. The Morgan fingerprint density at radius 3 is 2.88 bits per heavy atom. The number of nitrogens with one attached hydrogen (secondary N) is 1. The SMILES string of the molecule is CCOC(=O)c1ccc2c(c1)[C@H]1C=CC[C@@H]1[C@H](c1ccccc1Cl)N2. The molecule has 0 radical (unpaired) electrons. The number of rotatable bonds is 3. The topological polar surface area (TPSA) is 38.3 Å². The maximum atomic E-state index is 12.1. The fraction of sp³-hybridized carbons (Fsp3) is 0.286. The molecular formula is C21H20ClNO2. The second kappa shape index (κ2) is 6.57. The van der Waals surface area contributed by atoms with Crippen molar-refractivity contribution in [2.24, 2.45) is 5.92 Å². The highest BCUT2D eigenvalue weighted by Crippen LogP contribution is 2.50. The standard InChI is InChI=1S/C21H20ClNO2/c1-2-25-21(24)13-10-11-19-17(12-13)14-7-5-8-15(14)20(23-19)16-6-3-4-9-18(16)22/h3-7,9-12,14-15,20,23H,2,8H2,1H3/t14-,15-,20+/m0/s1. The zero-order valence-corrected chi connectivity index (χ0v) is 14.8. The molecule has 0 saturated carbocycles. The summed E-state index contributed by atoms with van der Waals surface area (Å²) in [7, 11) is 0. The fourth-order valence-corrected chi connectivity index (χ4v) is 4.22. The number of hydrogen-bond acceptors (Lipinski definition) is 3. The monoisotopic (exact) mass is 353 g/mol. The number of ether oxygens (including phenoxy) is 1. The predicted molar refractivity (Wildman–Crippen MR) is 100 cm³/mol. The Kier molecular flexibility index (Phi) is 4.26. The average molecular weight is 354 g/mol. The molecule has 25 heavy (non-hydrogen) atoms. The molecule has 2 aromatic carbocycles. The lowest BCUT2D eigenvalue weighted by molar-refractivity contribution is 0.0526. The van der Waals surface area contributed by atoms with Crippen molar-refractivity contribution in [3.05, 3.63) is 76.3 Å². The van der Waals surface area contributed by atoms with Gasteiger partial charge in [-0.3, -0.25) is 0 Å². The van der Waals surface area contributed by atoms with Gasteiger partial charge >= 0.3 is 5.97 Å². The lowest BCUT2D eigenvalue weighted by Crippen LogP contribution is -2.29. The molecule has 0 fully saturated rings. The molecule has 1 heterocycles. The van der Waals surface area contributed by atoms with Crippen molar-refractivity contribution in [3.8, 4) is 0 Å². The number of hydrogen-bond donors (Lipinski definition) is 1. The summed E-state index contributed by atoms with van der Waals surface area (Å²) in [6.45, 7) is 2.20. The number of esters is 1. The van der Waals surface area contributed by atoms with Crippen molar-refractivity contribution in [1.82, 2.24) is 0 Å². The average Bonchev–Trinajstić information content (AvgIpc) is 3.11. The third-order valence-electron chi connectivity index (χ3n) is 5.11. The van der Waals surface area contributed by atoms with Crippen molar-refractivity contribution >= 4 is 23.3 Å². The van der Waals surface area contributed by atoms with Gasteiger partial charge in [0.25, 0.3) is 0 Å². The van der Waals surface area contributed by atoms with E-state index >= 15 is 0 Å². The number of fused-ring (bicyclic) bond motifs is 3. The zero-order valence-electron chi connectivity index (χ0n) is 14.0. The number of allylic oxidation sites excluding steroid dienone is 2.